The molecule has 0 aliphatic carbocycles. The summed E-state index contributed by atoms with van der Waals surface area (Å²) in [5, 5.41) is 13.6. The quantitative estimate of drug-likeness (QED) is 0.919. The minimum absolute atomic E-state index is 0.0252. The Labute approximate surface area is 118 Å². The number of benzene rings is 1. The van der Waals surface area contributed by atoms with Gasteiger partial charge in [-0.2, -0.15) is 16.7 Å². The summed E-state index contributed by atoms with van der Waals surface area (Å²) in [5.41, 5.74) is 0.671. The number of thioether (sulfide) groups is 1. The summed E-state index contributed by atoms with van der Waals surface area (Å²) in [6.45, 7) is 0.699. The Kier molecular flexibility index (Phi) is 3.63. The Balaban J connectivity index is 1.85. The number of halogens is 1. The zero-order chi connectivity index (χ0) is 13.2. The molecule has 100 valence electrons. The average Bonchev–Trinajstić information content (AvgIpc) is 2.93. The third kappa shape index (κ3) is 2.70. The van der Waals surface area contributed by atoms with Gasteiger partial charge in [0.15, 0.2) is 0 Å². The maximum atomic E-state index is 9.38. The van der Waals surface area contributed by atoms with Crippen molar-refractivity contribution in [3.8, 4) is 17.2 Å². The molecule has 1 saturated heterocycles. The second kappa shape index (κ2) is 5.40. The minimum atomic E-state index is -0.121. The first-order valence-corrected chi connectivity index (χ1v) is 7.29. The predicted molar refractivity (Wildman–Crippen MR) is 72.4 cm³/mol. The second-order valence-corrected chi connectivity index (χ2v) is 5.62. The molecule has 2 aromatic rings. The van der Waals surface area contributed by atoms with Crippen LogP contribution in [-0.4, -0.2) is 33.4 Å². The summed E-state index contributed by atoms with van der Waals surface area (Å²) in [6.07, 6.45) is -0.121. The maximum Gasteiger partial charge on any atom is 0.258 e. The lowest BCUT2D eigenvalue weighted by Crippen LogP contribution is -2.16. The lowest BCUT2D eigenvalue weighted by Gasteiger charge is -2.18. The Hall–Kier alpha value is -1.24. The highest BCUT2D eigenvalue weighted by molar-refractivity contribution is 7.99. The van der Waals surface area contributed by atoms with Crippen LogP contribution in [0.15, 0.2) is 22.7 Å². The van der Waals surface area contributed by atoms with E-state index in [2.05, 4.69) is 10.1 Å². The SMILES string of the molecule is Oc1ccc(-c2nc(C3CSCCO3)no2)cc1Cl. The average molecular weight is 299 g/mol. The molecule has 0 spiro atoms. The van der Waals surface area contributed by atoms with Crippen LogP contribution in [0.3, 0.4) is 0 Å². The monoisotopic (exact) mass is 298 g/mol. The smallest absolute Gasteiger partial charge is 0.258 e. The first kappa shape index (κ1) is 12.8. The highest BCUT2D eigenvalue weighted by atomic mass is 35.5. The van der Waals surface area contributed by atoms with Gasteiger partial charge in [0, 0.05) is 17.1 Å². The van der Waals surface area contributed by atoms with Gasteiger partial charge >= 0.3 is 0 Å². The first-order valence-electron chi connectivity index (χ1n) is 5.76. The molecular weight excluding hydrogens is 288 g/mol. The van der Waals surface area contributed by atoms with E-state index in [4.69, 9.17) is 20.9 Å². The van der Waals surface area contributed by atoms with Gasteiger partial charge in [0.2, 0.25) is 5.82 Å². The van der Waals surface area contributed by atoms with E-state index >= 15 is 0 Å². The fourth-order valence-electron chi connectivity index (χ4n) is 1.76. The van der Waals surface area contributed by atoms with Crippen molar-refractivity contribution in [1.29, 1.82) is 0 Å². The van der Waals surface area contributed by atoms with Gasteiger partial charge in [-0.15, -0.1) is 0 Å². The van der Waals surface area contributed by atoms with Crippen LogP contribution in [0.25, 0.3) is 11.5 Å². The Bertz CT molecular complexity index is 584. The number of nitrogens with zero attached hydrogens (tertiary/aromatic N) is 2. The van der Waals surface area contributed by atoms with E-state index in [9.17, 15) is 5.11 Å². The fourth-order valence-corrected chi connectivity index (χ4v) is 2.78. The molecule has 0 bridgehead atoms. The van der Waals surface area contributed by atoms with Gasteiger partial charge < -0.3 is 14.4 Å². The molecule has 2 heterocycles. The molecule has 1 aliphatic rings. The molecule has 1 N–H and O–H groups in total. The molecule has 1 atom stereocenters. The number of aromatic hydroxyl groups is 1. The molecule has 1 aromatic heterocycles. The number of phenolic OH excluding ortho intramolecular Hbond substituents is 1. The van der Waals surface area contributed by atoms with E-state index < -0.39 is 0 Å². The second-order valence-electron chi connectivity index (χ2n) is 4.06. The van der Waals surface area contributed by atoms with Crippen LogP contribution in [0.5, 0.6) is 5.75 Å². The number of phenols is 1. The van der Waals surface area contributed by atoms with Crippen LogP contribution in [0, 0.1) is 0 Å². The van der Waals surface area contributed by atoms with E-state index in [1.807, 2.05) is 0 Å². The summed E-state index contributed by atoms with van der Waals surface area (Å²) < 4.78 is 10.8. The highest BCUT2D eigenvalue weighted by Gasteiger charge is 2.22. The molecule has 1 aromatic carbocycles. The number of rotatable bonds is 2. The number of aromatic nitrogens is 2. The van der Waals surface area contributed by atoms with E-state index in [1.165, 1.54) is 6.07 Å². The maximum absolute atomic E-state index is 9.38. The first-order chi connectivity index (χ1) is 9.24. The minimum Gasteiger partial charge on any atom is -0.506 e. The van der Waals surface area contributed by atoms with Crippen molar-refractivity contribution in [2.24, 2.45) is 0 Å². The van der Waals surface area contributed by atoms with E-state index in [-0.39, 0.29) is 16.9 Å². The van der Waals surface area contributed by atoms with Crippen molar-refractivity contribution < 1.29 is 14.4 Å². The molecule has 1 aliphatic heterocycles. The topological polar surface area (TPSA) is 68.4 Å². The van der Waals surface area contributed by atoms with Crippen LogP contribution in [-0.2, 0) is 4.74 Å². The Morgan fingerprint density at radius 2 is 2.32 bits per heavy atom. The summed E-state index contributed by atoms with van der Waals surface area (Å²) in [6, 6.07) is 4.76. The summed E-state index contributed by atoms with van der Waals surface area (Å²) in [7, 11) is 0. The van der Waals surface area contributed by atoms with Crippen molar-refractivity contribution in [3.63, 3.8) is 0 Å². The standard InChI is InChI=1S/C12H11ClN2O3S/c13-8-5-7(1-2-9(8)16)12-14-11(15-18-12)10-6-19-4-3-17-10/h1-2,5,10,16H,3-4,6H2. The van der Waals surface area contributed by atoms with Gasteiger partial charge in [0.1, 0.15) is 11.9 Å². The third-order valence-electron chi connectivity index (χ3n) is 2.74. The fraction of sp³-hybridized carbons (Fsp3) is 0.333. The summed E-state index contributed by atoms with van der Waals surface area (Å²) in [5.74, 6) is 2.77. The number of ether oxygens (including phenoxy) is 1. The van der Waals surface area contributed by atoms with E-state index in [1.54, 1.807) is 23.9 Å². The van der Waals surface area contributed by atoms with Crippen molar-refractivity contribution >= 4 is 23.4 Å². The van der Waals surface area contributed by atoms with Gasteiger partial charge in [-0.3, -0.25) is 0 Å². The lowest BCUT2D eigenvalue weighted by atomic mass is 10.2. The van der Waals surface area contributed by atoms with Crippen molar-refractivity contribution in [1.82, 2.24) is 10.1 Å². The number of hydrogen-bond donors (Lipinski definition) is 1. The zero-order valence-corrected chi connectivity index (χ0v) is 11.4. The molecular formula is C12H11ClN2O3S. The van der Waals surface area contributed by atoms with Crippen molar-refractivity contribution in [2.75, 3.05) is 18.1 Å². The molecule has 0 saturated carbocycles. The molecule has 0 radical (unpaired) electrons. The van der Waals surface area contributed by atoms with Crippen LogP contribution in [0.2, 0.25) is 5.02 Å². The van der Waals surface area contributed by atoms with Crippen molar-refractivity contribution in [2.45, 2.75) is 6.10 Å². The molecule has 3 rings (SSSR count). The van der Waals surface area contributed by atoms with E-state index in [0.29, 0.717) is 23.9 Å². The van der Waals surface area contributed by atoms with Crippen LogP contribution >= 0.6 is 23.4 Å². The molecule has 1 fully saturated rings. The van der Waals surface area contributed by atoms with Gasteiger partial charge in [-0.1, -0.05) is 16.8 Å². The van der Waals surface area contributed by atoms with Crippen LogP contribution in [0.4, 0.5) is 0 Å². The molecule has 0 amide bonds. The third-order valence-corrected chi connectivity index (χ3v) is 4.04. The zero-order valence-electron chi connectivity index (χ0n) is 9.88. The Morgan fingerprint density at radius 3 is 3.05 bits per heavy atom. The normalized spacial score (nSPS) is 19.5. The Morgan fingerprint density at radius 1 is 1.42 bits per heavy atom. The lowest BCUT2D eigenvalue weighted by molar-refractivity contribution is 0.0677. The van der Waals surface area contributed by atoms with Gasteiger partial charge in [-0.25, -0.2) is 0 Å². The molecule has 5 nitrogen and oxygen atoms in total. The van der Waals surface area contributed by atoms with Crippen LogP contribution in [0.1, 0.15) is 11.9 Å². The largest absolute Gasteiger partial charge is 0.506 e. The van der Waals surface area contributed by atoms with Gasteiger partial charge in [0.25, 0.3) is 5.89 Å². The molecule has 7 heteroatoms. The van der Waals surface area contributed by atoms with Gasteiger partial charge in [0.05, 0.1) is 11.6 Å². The molecule has 1 unspecified atom stereocenters. The molecule has 19 heavy (non-hydrogen) atoms. The van der Waals surface area contributed by atoms with Gasteiger partial charge in [-0.05, 0) is 18.2 Å². The highest BCUT2D eigenvalue weighted by Crippen LogP contribution is 2.30. The van der Waals surface area contributed by atoms with Crippen molar-refractivity contribution in [3.05, 3.63) is 29.0 Å². The van der Waals surface area contributed by atoms with Crippen LogP contribution < -0.4 is 0 Å². The predicted octanol–water partition coefficient (Wildman–Crippen LogP) is 2.90. The van der Waals surface area contributed by atoms with E-state index in [0.717, 1.165) is 11.5 Å². The number of hydrogen-bond acceptors (Lipinski definition) is 6. The summed E-state index contributed by atoms with van der Waals surface area (Å²) >= 11 is 7.66. The summed E-state index contributed by atoms with van der Waals surface area (Å²) in [4.78, 5) is 4.32.